The van der Waals surface area contributed by atoms with Crippen LogP contribution in [0.1, 0.15) is 61.3 Å². The summed E-state index contributed by atoms with van der Waals surface area (Å²) in [4.78, 5) is 9.20. The van der Waals surface area contributed by atoms with E-state index in [-0.39, 0.29) is 36.0 Å². The van der Waals surface area contributed by atoms with Gasteiger partial charge in [-0.05, 0) is 74.6 Å². The summed E-state index contributed by atoms with van der Waals surface area (Å²) >= 11 is 0. The Labute approximate surface area is 239 Å². The molecular weight excluding hydrogens is 547 g/mol. The lowest BCUT2D eigenvalue weighted by molar-refractivity contribution is -0.274. The van der Waals surface area contributed by atoms with Crippen molar-refractivity contribution in [2.75, 3.05) is 5.32 Å². The number of para-hydroxylation sites is 2. The van der Waals surface area contributed by atoms with Gasteiger partial charge >= 0.3 is 6.36 Å². The van der Waals surface area contributed by atoms with Crippen molar-refractivity contribution in [3.05, 3.63) is 65.5 Å². The van der Waals surface area contributed by atoms with E-state index in [1.807, 2.05) is 12.1 Å². The third kappa shape index (κ3) is 5.27. The lowest BCUT2D eigenvalue weighted by atomic mass is 9.82. The van der Waals surface area contributed by atoms with Crippen LogP contribution in [0.4, 0.5) is 19.0 Å². The molecule has 3 fully saturated rings. The van der Waals surface area contributed by atoms with E-state index in [4.69, 9.17) is 14.2 Å². The van der Waals surface area contributed by atoms with E-state index < -0.39 is 6.36 Å². The fraction of sp³-hybridized carbons (Fsp3) is 0.419. The first-order chi connectivity index (χ1) is 20.4. The molecule has 3 aliphatic rings. The number of fused-ring (bicyclic) bond motifs is 3. The van der Waals surface area contributed by atoms with Gasteiger partial charge in [0.1, 0.15) is 34.6 Å². The molecule has 2 aromatic carbocycles. The van der Waals surface area contributed by atoms with Crippen molar-refractivity contribution in [2.24, 2.45) is 11.8 Å². The molecule has 7 rings (SSSR count). The summed E-state index contributed by atoms with van der Waals surface area (Å²) in [5, 5.41) is 17.1. The first kappa shape index (κ1) is 26.7. The van der Waals surface area contributed by atoms with Crippen LogP contribution in [-0.2, 0) is 11.3 Å². The van der Waals surface area contributed by atoms with Crippen LogP contribution in [0.15, 0.2) is 53.2 Å². The van der Waals surface area contributed by atoms with Gasteiger partial charge in [0.15, 0.2) is 0 Å². The highest BCUT2D eigenvalue weighted by Crippen LogP contribution is 2.47. The monoisotopic (exact) mass is 575 g/mol. The summed E-state index contributed by atoms with van der Waals surface area (Å²) in [6, 6.07) is 13.8. The Morgan fingerprint density at radius 1 is 1.02 bits per heavy atom. The van der Waals surface area contributed by atoms with Crippen LogP contribution >= 0.6 is 0 Å². The number of hydrogen-bond acceptors (Lipinski definition) is 8. The molecule has 2 heterocycles. The number of halogens is 3. The van der Waals surface area contributed by atoms with E-state index in [1.165, 1.54) is 12.1 Å². The second kappa shape index (κ2) is 10.6. The van der Waals surface area contributed by atoms with Gasteiger partial charge in [0.25, 0.3) is 0 Å². The molecule has 4 aromatic rings. The Hall–Kier alpha value is -4.17. The van der Waals surface area contributed by atoms with E-state index in [1.54, 1.807) is 24.4 Å². The predicted octanol–water partition coefficient (Wildman–Crippen LogP) is 7.12. The van der Waals surface area contributed by atoms with E-state index in [2.05, 4.69) is 26.3 Å². The third-order valence-corrected chi connectivity index (χ3v) is 8.66. The third-order valence-electron chi connectivity index (χ3n) is 8.66. The number of nitrogens with zero attached hydrogens (tertiary/aromatic N) is 4. The number of nitriles is 1. The van der Waals surface area contributed by atoms with Gasteiger partial charge < -0.3 is 19.3 Å². The molecule has 2 bridgehead atoms. The smallest absolute Gasteiger partial charge is 0.405 e. The summed E-state index contributed by atoms with van der Waals surface area (Å²) in [6.07, 6.45) is 2.68. The number of anilines is 1. The van der Waals surface area contributed by atoms with E-state index in [0.29, 0.717) is 51.3 Å². The van der Waals surface area contributed by atoms with Gasteiger partial charge in [0, 0.05) is 23.1 Å². The zero-order valence-electron chi connectivity index (χ0n) is 22.6. The van der Waals surface area contributed by atoms with Crippen molar-refractivity contribution in [2.45, 2.75) is 69.6 Å². The number of alkyl halides is 3. The predicted molar refractivity (Wildman–Crippen MR) is 146 cm³/mol. The topological polar surface area (TPSA) is 106 Å². The molecule has 2 unspecified atom stereocenters. The maximum atomic E-state index is 13.1. The molecule has 1 N–H and O–H groups in total. The number of ether oxygens (including phenoxy) is 2. The van der Waals surface area contributed by atoms with Crippen molar-refractivity contribution < 1.29 is 27.2 Å². The lowest BCUT2D eigenvalue weighted by Crippen LogP contribution is -2.39. The summed E-state index contributed by atoms with van der Waals surface area (Å²) in [7, 11) is 0. The molecule has 42 heavy (non-hydrogen) atoms. The highest BCUT2D eigenvalue weighted by atomic mass is 19.4. The average molecular weight is 576 g/mol. The molecule has 8 nitrogen and oxygen atoms in total. The highest BCUT2D eigenvalue weighted by Gasteiger charge is 2.44. The molecule has 0 aliphatic heterocycles. The molecular formula is C31H28F3N5O3. The molecule has 11 heteroatoms. The quantitative estimate of drug-likeness (QED) is 0.237. The minimum absolute atomic E-state index is 0.0119. The van der Waals surface area contributed by atoms with Crippen molar-refractivity contribution in [1.82, 2.24) is 15.1 Å². The number of hydrogen-bond donors (Lipinski definition) is 1. The standard InChI is InChI=1S/C31H28F3N5O3/c32-31(33,34)41-25-7-2-1-5-22(25)29-23(30(42-39-29)17-8-9-17)16-40-21-12-18-10-11-19(13-21)27(18)38-26-15-36-28-20(14-35)4-3-6-24(28)37-26/h1-7,15,17-19,21,27H,8-13,16H2,(H,37,38). The summed E-state index contributed by atoms with van der Waals surface area (Å²) < 4.78 is 55.8. The van der Waals surface area contributed by atoms with Crippen LogP contribution in [0.25, 0.3) is 22.3 Å². The number of nitrogens with one attached hydrogen (secondary N) is 1. The van der Waals surface area contributed by atoms with Crippen LogP contribution in [-0.4, -0.2) is 33.6 Å². The van der Waals surface area contributed by atoms with Gasteiger partial charge in [-0.2, -0.15) is 5.26 Å². The van der Waals surface area contributed by atoms with Crippen LogP contribution in [0, 0.1) is 23.2 Å². The van der Waals surface area contributed by atoms with Crippen LogP contribution in [0.5, 0.6) is 5.75 Å². The number of aromatic nitrogens is 3. The van der Waals surface area contributed by atoms with E-state index in [9.17, 15) is 18.4 Å². The number of rotatable bonds is 8. The maximum Gasteiger partial charge on any atom is 0.573 e. The zero-order valence-corrected chi connectivity index (χ0v) is 22.6. The molecule has 0 saturated heterocycles. The van der Waals surface area contributed by atoms with Crippen molar-refractivity contribution in [1.29, 1.82) is 5.26 Å². The lowest BCUT2D eigenvalue weighted by Gasteiger charge is -2.36. The number of benzene rings is 2. The SMILES string of the molecule is N#Cc1cccc2nc(NC3C4CCC3CC(OCc3c(-c5ccccc5OC(F)(F)F)noc3C3CC3)C4)cnc12. The molecule has 3 saturated carbocycles. The average Bonchev–Trinajstić information content (AvgIpc) is 3.69. The minimum Gasteiger partial charge on any atom is -0.405 e. The van der Waals surface area contributed by atoms with Crippen molar-refractivity contribution in [3.63, 3.8) is 0 Å². The summed E-state index contributed by atoms with van der Waals surface area (Å²) in [5.74, 6) is 2.07. The van der Waals surface area contributed by atoms with Crippen LogP contribution in [0.2, 0.25) is 0 Å². The van der Waals surface area contributed by atoms with Gasteiger partial charge in [-0.3, -0.25) is 0 Å². The molecule has 216 valence electrons. The second-order valence-electron chi connectivity index (χ2n) is 11.4. The van der Waals surface area contributed by atoms with Gasteiger partial charge in [-0.25, -0.2) is 9.97 Å². The van der Waals surface area contributed by atoms with Crippen molar-refractivity contribution >= 4 is 16.9 Å². The second-order valence-corrected chi connectivity index (χ2v) is 11.4. The molecule has 0 amide bonds. The Morgan fingerprint density at radius 3 is 2.55 bits per heavy atom. The zero-order chi connectivity index (χ0) is 28.8. The molecule has 2 atom stereocenters. The fourth-order valence-corrected chi connectivity index (χ4v) is 6.63. The highest BCUT2D eigenvalue weighted by molar-refractivity contribution is 5.81. The van der Waals surface area contributed by atoms with Gasteiger partial charge in [0.05, 0.1) is 30.0 Å². The first-order valence-electron chi connectivity index (χ1n) is 14.2. The van der Waals surface area contributed by atoms with Crippen molar-refractivity contribution in [3.8, 4) is 23.1 Å². The molecule has 0 radical (unpaired) electrons. The Bertz CT molecular complexity index is 1650. The Morgan fingerprint density at radius 2 is 1.81 bits per heavy atom. The van der Waals surface area contributed by atoms with Crippen LogP contribution < -0.4 is 10.1 Å². The Balaban J connectivity index is 1.06. The molecule has 0 spiro atoms. The van der Waals surface area contributed by atoms with Gasteiger partial charge in [-0.1, -0.05) is 23.4 Å². The van der Waals surface area contributed by atoms with Gasteiger partial charge in [0.2, 0.25) is 0 Å². The van der Waals surface area contributed by atoms with Crippen LogP contribution in [0.3, 0.4) is 0 Å². The largest absolute Gasteiger partial charge is 0.573 e. The molecule has 3 aliphatic carbocycles. The van der Waals surface area contributed by atoms with Gasteiger partial charge in [-0.15, -0.1) is 13.2 Å². The maximum absolute atomic E-state index is 13.1. The normalized spacial score (nSPS) is 23.6. The summed E-state index contributed by atoms with van der Waals surface area (Å²) in [6.45, 7) is 0.213. The summed E-state index contributed by atoms with van der Waals surface area (Å²) in [5.41, 5.74) is 3.05. The Kier molecular flexibility index (Phi) is 6.73. The molecule has 2 aromatic heterocycles. The fourth-order valence-electron chi connectivity index (χ4n) is 6.63. The first-order valence-corrected chi connectivity index (χ1v) is 14.2. The van der Waals surface area contributed by atoms with E-state index in [0.717, 1.165) is 38.5 Å². The minimum atomic E-state index is -4.82. The van der Waals surface area contributed by atoms with E-state index >= 15 is 0 Å².